The van der Waals surface area contributed by atoms with Crippen molar-refractivity contribution in [3.8, 4) is 33.9 Å². The van der Waals surface area contributed by atoms with E-state index in [2.05, 4.69) is 65.4 Å². The first-order valence-electron chi connectivity index (χ1n) is 9.36. The number of H-pyrrole nitrogens is 1. The van der Waals surface area contributed by atoms with Crippen LogP contribution in [0.2, 0.25) is 0 Å². The standard InChI is InChI=1S/C25H19N3/c1-17-11-13-19(14-12-17)25-27-23(18-7-3-2-4-8-18)24(28-25)21-15-16-26-22-10-6-5-9-20(21)22/h2-16H,1H3,(H,27,28). The van der Waals surface area contributed by atoms with Crippen LogP contribution in [0.5, 0.6) is 0 Å². The highest BCUT2D eigenvalue weighted by Crippen LogP contribution is 2.36. The van der Waals surface area contributed by atoms with Gasteiger partial charge in [-0.1, -0.05) is 78.4 Å². The van der Waals surface area contributed by atoms with Crippen molar-refractivity contribution in [3.05, 3.63) is 96.7 Å². The summed E-state index contributed by atoms with van der Waals surface area (Å²) in [4.78, 5) is 13.1. The monoisotopic (exact) mass is 361 g/mol. The molecule has 0 spiro atoms. The Morgan fingerprint density at radius 1 is 0.714 bits per heavy atom. The highest BCUT2D eigenvalue weighted by molar-refractivity contribution is 5.97. The summed E-state index contributed by atoms with van der Waals surface area (Å²) in [6, 6.07) is 29.0. The van der Waals surface area contributed by atoms with E-state index in [1.807, 2.05) is 42.6 Å². The van der Waals surface area contributed by atoms with Gasteiger partial charge in [0.2, 0.25) is 0 Å². The number of rotatable bonds is 3. The van der Waals surface area contributed by atoms with E-state index in [9.17, 15) is 0 Å². The molecular formula is C25H19N3. The van der Waals surface area contributed by atoms with Crippen molar-refractivity contribution in [2.24, 2.45) is 0 Å². The molecule has 0 saturated heterocycles. The summed E-state index contributed by atoms with van der Waals surface area (Å²) in [6.45, 7) is 2.09. The molecule has 2 aromatic heterocycles. The van der Waals surface area contributed by atoms with Crippen LogP contribution in [0.25, 0.3) is 44.8 Å². The lowest BCUT2D eigenvalue weighted by molar-refractivity contribution is 1.30. The van der Waals surface area contributed by atoms with Gasteiger partial charge in [0.25, 0.3) is 0 Å². The number of nitrogens with zero attached hydrogens (tertiary/aromatic N) is 2. The third kappa shape index (κ3) is 2.87. The van der Waals surface area contributed by atoms with Crippen LogP contribution < -0.4 is 0 Å². The SMILES string of the molecule is Cc1ccc(-c2nc(-c3ccccc3)c(-c3ccnc4ccccc34)[nH]2)cc1. The van der Waals surface area contributed by atoms with Gasteiger partial charge in [-0.25, -0.2) is 4.98 Å². The topological polar surface area (TPSA) is 41.6 Å². The van der Waals surface area contributed by atoms with Crippen molar-refractivity contribution in [2.45, 2.75) is 6.92 Å². The van der Waals surface area contributed by atoms with Crippen LogP contribution in [0.4, 0.5) is 0 Å². The Bertz CT molecular complexity index is 1250. The Morgan fingerprint density at radius 3 is 2.29 bits per heavy atom. The minimum Gasteiger partial charge on any atom is -0.337 e. The number of para-hydroxylation sites is 1. The minimum absolute atomic E-state index is 0.870. The van der Waals surface area contributed by atoms with Crippen molar-refractivity contribution < 1.29 is 0 Å². The average molecular weight is 361 g/mol. The molecule has 0 fully saturated rings. The Kier molecular flexibility index (Phi) is 3.99. The molecule has 0 unspecified atom stereocenters. The van der Waals surface area contributed by atoms with Crippen LogP contribution in [-0.4, -0.2) is 15.0 Å². The molecule has 0 amide bonds. The molecule has 5 rings (SSSR count). The predicted molar refractivity (Wildman–Crippen MR) is 115 cm³/mol. The number of nitrogens with one attached hydrogen (secondary N) is 1. The van der Waals surface area contributed by atoms with Crippen LogP contribution in [0.1, 0.15) is 5.56 Å². The first kappa shape index (κ1) is 16.5. The molecule has 3 nitrogen and oxygen atoms in total. The average Bonchev–Trinajstić information content (AvgIpc) is 3.20. The lowest BCUT2D eigenvalue weighted by Gasteiger charge is -2.07. The van der Waals surface area contributed by atoms with Gasteiger partial charge >= 0.3 is 0 Å². The van der Waals surface area contributed by atoms with Crippen molar-refractivity contribution in [1.29, 1.82) is 0 Å². The van der Waals surface area contributed by atoms with E-state index in [1.165, 1.54) is 5.56 Å². The zero-order valence-corrected chi connectivity index (χ0v) is 15.6. The summed E-state index contributed by atoms with van der Waals surface area (Å²) >= 11 is 0. The van der Waals surface area contributed by atoms with Gasteiger partial charge in [-0.2, -0.15) is 0 Å². The normalized spacial score (nSPS) is 11.0. The summed E-state index contributed by atoms with van der Waals surface area (Å²) in [5.74, 6) is 0.870. The molecule has 0 aliphatic carbocycles. The molecule has 0 aliphatic rings. The lowest BCUT2D eigenvalue weighted by atomic mass is 10.0. The summed E-state index contributed by atoms with van der Waals surface area (Å²) in [7, 11) is 0. The zero-order chi connectivity index (χ0) is 18.9. The molecule has 28 heavy (non-hydrogen) atoms. The van der Waals surface area contributed by atoms with Gasteiger partial charge in [-0.15, -0.1) is 0 Å². The molecule has 134 valence electrons. The Hall–Kier alpha value is -3.72. The fourth-order valence-electron chi connectivity index (χ4n) is 3.54. The largest absolute Gasteiger partial charge is 0.337 e. The molecule has 0 atom stereocenters. The Morgan fingerprint density at radius 2 is 1.46 bits per heavy atom. The fraction of sp³-hybridized carbons (Fsp3) is 0.0400. The van der Waals surface area contributed by atoms with E-state index in [1.54, 1.807) is 0 Å². The van der Waals surface area contributed by atoms with Gasteiger partial charge in [0.1, 0.15) is 5.82 Å². The van der Waals surface area contributed by atoms with Gasteiger partial charge in [0.05, 0.1) is 16.9 Å². The molecule has 0 saturated carbocycles. The quantitative estimate of drug-likeness (QED) is 0.411. The van der Waals surface area contributed by atoms with Crippen molar-refractivity contribution in [3.63, 3.8) is 0 Å². The second-order valence-corrected chi connectivity index (χ2v) is 6.92. The molecule has 0 bridgehead atoms. The van der Waals surface area contributed by atoms with Crippen LogP contribution in [-0.2, 0) is 0 Å². The van der Waals surface area contributed by atoms with Crippen LogP contribution >= 0.6 is 0 Å². The maximum absolute atomic E-state index is 4.99. The van der Waals surface area contributed by atoms with Crippen molar-refractivity contribution >= 4 is 10.9 Å². The predicted octanol–water partition coefficient (Wildman–Crippen LogP) is 6.27. The van der Waals surface area contributed by atoms with Crippen molar-refractivity contribution in [2.75, 3.05) is 0 Å². The third-order valence-corrected chi connectivity index (χ3v) is 4.99. The number of fused-ring (bicyclic) bond motifs is 1. The number of imidazole rings is 1. The second-order valence-electron chi connectivity index (χ2n) is 6.92. The van der Waals surface area contributed by atoms with E-state index in [0.717, 1.165) is 44.8 Å². The molecule has 0 radical (unpaired) electrons. The summed E-state index contributed by atoms with van der Waals surface area (Å²) in [6.07, 6.45) is 1.86. The molecule has 3 heteroatoms. The summed E-state index contributed by atoms with van der Waals surface area (Å²) < 4.78 is 0. The number of benzene rings is 3. The molecule has 2 heterocycles. The van der Waals surface area contributed by atoms with Crippen molar-refractivity contribution in [1.82, 2.24) is 15.0 Å². The maximum Gasteiger partial charge on any atom is 0.138 e. The number of aromatic amines is 1. The fourth-order valence-corrected chi connectivity index (χ4v) is 3.54. The highest BCUT2D eigenvalue weighted by Gasteiger charge is 2.17. The first-order chi connectivity index (χ1) is 13.8. The van der Waals surface area contributed by atoms with Gasteiger partial charge in [0, 0.05) is 28.3 Å². The lowest BCUT2D eigenvalue weighted by Crippen LogP contribution is -1.87. The summed E-state index contributed by atoms with van der Waals surface area (Å²) in [5.41, 5.74) is 7.45. The number of hydrogen-bond acceptors (Lipinski definition) is 2. The van der Waals surface area contributed by atoms with Crippen LogP contribution in [0.3, 0.4) is 0 Å². The van der Waals surface area contributed by atoms with Crippen LogP contribution in [0.15, 0.2) is 91.1 Å². The maximum atomic E-state index is 4.99. The van der Waals surface area contributed by atoms with Crippen LogP contribution in [0, 0.1) is 6.92 Å². The van der Waals surface area contributed by atoms with E-state index in [4.69, 9.17) is 4.98 Å². The number of hydrogen-bond donors (Lipinski definition) is 1. The summed E-state index contributed by atoms with van der Waals surface area (Å²) in [5, 5.41) is 1.11. The zero-order valence-electron chi connectivity index (χ0n) is 15.6. The Labute approximate surface area is 163 Å². The van der Waals surface area contributed by atoms with E-state index in [0.29, 0.717) is 0 Å². The number of aromatic nitrogens is 3. The first-order valence-corrected chi connectivity index (χ1v) is 9.36. The molecular weight excluding hydrogens is 342 g/mol. The smallest absolute Gasteiger partial charge is 0.138 e. The van der Waals surface area contributed by atoms with Gasteiger partial charge < -0.3 is 4.98 Å². The van der Waals surface area contributed by atoms with E-state index < -0.39 is 0 Å². The number of aryl methyl sites for hydroxylation is 1. The van der Waals surface area contributed by atoms with Gasteiger partial charge in [-0.3, -0.25) is 4.98 Å². The Balaban J connectivity index is 1.77. The van der Waals surface area contributed by atoms with Gasteiger partial charge in [-0.05, 0) is 19.1 Å². The molecule has 1 N–H and O–H groups in total. The minimum atomic E-state index is 0.870. The highest BCUT2D eigenvalue weighted by atomic mass is 14.9. The molecule has 0 aliphatic heterocycles. The van der Waals surface area contributed by atoms with E-state index in [-0.39, 0.29) is 0 Å². The number of pyridine rings is 1. The van der Waals surface area contributed by atoms with Gasteiger partial charge in [0.15, 0.2) is 0 Å². The third-order valence-electron chi connectivity index (χ3n) is 4.99. The second kappa shape index (κ2) is 6.78. The molecule has 3 aromatic carbocycles. The molecule has 5 aromatic rings. The van der Waals surface area contributed by atoms with E-state index >= 15 is 0 Å².